The van der Waals surface area contributed by atoms with Crippen molar-refractivity contribution >= 4 is 33.4 Å². The normalized spacial score (nSPS) is 10.3. The van der Waals surface area contributed by atoms with Crippen LogP contribution in [-0.2, 0) is 5.75 Å². The molecule has 5 heteroatoms. The van der Waals surface area contributed by atoms with E-state index in [1.165, 1.54) is 0 Å². The molecule has 0 saturated heterocycles. The van der Waals surface area contributed by atoms with E-state index in [9.17, 15) is 0 Å². The molecule has 0 spiro atoms. The predicted molar refractivity (Wildman–Crippen MR) is 87.7 cm³/mol. The summed E-state index contributed by atoms with van der Waals surface area (Å²) in [4.78, 5) is 1.06. The second-order valence-electron chi connectivity index (χ2n) is 4.16. The predicted octanol–water partition coefficient (Wildman–Crippen LogP) is 4.34. The van der Waals surface area contributed by atoms with Crippen LogP contribution in [0.1, 0.15) is 5.56 Å². The van der Waals surface area contributed by atoms with Gasteiger partial charge in [0.1, 0.15) is 11.5 Å². The number of hydrogen-bond donors (Lipinski definition) is 1. The Bertz CT molecular complexity index is 604. The summed E-state index contributed by atoms with van der Waals surface area (Å²) in [6.45, 7) is 0. The molecule has 2 rings (SSSR count). The van der Waals surface area contributed by atoms with E-state index in [0.29, 0.717) is 5.69 Å². The molecule has 20 heavy (non-hydrogen) atoms. The van der Waals surface area contributed by atoms with Gasteiger partial charge >= 0.3 is 0 Å². The molecule has 0 aliphatic heterocycles. The summed E-state index contributed by atoms with van der Waals surface area (Å²) in [6.07, 6.45) is 0. The van der Waals surface area contributed by atoms with Crippen molar-refractivity contribution in [3.8, 4) is 11.5 Å². The number of nitrogen functional groups attached to an aromatic ring is 1. The largest absolute Gasteiger partial charge is 0.496 e. The quantitative estimate of drug-likeness (QED) is 0.641. The fraction of sp³-hybridized carbons (Fsp3) is 0.200. The molecule has 2 N–H and O–H groups in total. The van der Waals surface area contributed by atoms with Crippen molar-refractivity contribution < 1.29 is 9.47 Å². The third-order valence-electron chi connectivity index (χ3n) is 2.81. The number of nitrogens with two attached hydrogens (primary N) is 1. The van der Waals surface area contributed by atoms with E-state index in [-0.39, 0.29) is 0 Å². The number of benzene rings is 2. The SMILES string of the molecule is COc1ccc(Br)cc1CSc1ccc(N)cc1OC. The molecule has 0 fully saturated rings. The molecule has 0 atom stereocenters. The van der Waals surface area contributed by atoms with Gasteiger partial charge in [-0.2, -0.15) is 0 Å². The van der Waals surface area contributed by atoms with Crippen molar-refractivity contribution in [3.63, 3.8) is 0 Å². The van der Waals surface area contributed by atoms with Crippen LogP contribution < -0.4 is 15.2 Å². The first-order chi connectivity index (χ1) is 9.63. The summed E-state index contributed by atoms with van der Waals surface area (Å²) in [6, 6.07) is 11.7. The molecule has 0 saturated carbocycles. The molecule has 0 radical (unpaired) electrons. The Kier molecular flexibility index (Phi) is 5.20. The maximum atomic E-state index is 5.76. The van der Waals surface area contributed by atoms with Gasteiger partial charge in [0.2, 0.25) is 0 Å². The molecule has 0 bridgehead atoms. The molecule has 0 unspecified atom stereocenters. The summed E-state index contributed by atoms with van der Waals surface area (Å²) in [5.74, 6) is 2.47. The first-order valence-electron chi connectivity index (χ1n) is 6.02. The van der Waals surface area contributed by atoms with Crippen LogP contribution in [-0.4, -0.2) is 14.2 Å². The highest BCUT2D eigenvalue weighted by Crippen LogP contribution is 2.35. The van der Waals surface area contributed by atoms with E-state index in [0.717, 1.165) is 32.2 Å². The Hall–Kier alpha value is -1.33. The van der Waals surface area contributed by atoms with Gasteiger partial charge < -0.3 is 15.2 Å². The Morgan fingerprint density at radius 1 is 1.05 bits per heavy atom. The van der Waals surface area contributed by atoms with Gasteiger partial charge in [-0.3, -0.25) is 0 Å². The Morgan fingerprint density at radius 2 is 1.80 bits per heavy atom. The molecule has 0 aliphatic carbocycles. The first-order valence-corrected chi connectivity index (χ1v) is 7.80. The van der Waals surface area contributed by atoms with Crippen LogP contribution in [0.5, 0.6) is 11.5 Å². The van der Waals surface area contributed by atoms with Crippen molar-refractivity contribution in [1.82, 2.24) is 0 Å². The highest BCUT2D eigenvalue weighted by molar-refractivity contribution is 9.10. The minimum Gasteiger partial charge on any atom is -0.496 e. The van der Waals surface area contributed by atoms with Crippen LogP contribution in [0.3, 0.4) is 0 Å². The van der Waals surface area contributed by atoms with Crippen LogP contribution in [0, 0.1) is 0 Å². The molecule has 106 valence electrons. The van der Waals surface area contributed by atoms with Crippen molar-refractivity contribution in [2.75, 3.05) is 20.0 Å². The van der Waals surface area contributed by atoms with E-state index >= 15 is 0 Å². The lowest BCUT2D eigenvalue weighted by Crippen LogP contribution is -1.92. The van der Waals surface area contributed by atoms with Gasteiger partial charge in [0.15, 0.2) is 0 Å². The van der Waals surface area contributed by atoms with E-state index < -0.39 is 0 Å². The van der Waals surface area contributed by atoms with Gasteiger partial charge in [0.25, 0.3) is 0 Å². The standard InChI is InChI=1S/C15H16BrNO2S/c1-18-13-5-3-11(16)7-10(13)9-20-15-6-4-12(17)8-14(15)19-2/h3-8H,9,17H2,1-2H3. The molecule has 3 nitrogen and oxygen atoms in total. The third-order valence-corrected chi connectivity index (χ3v) is 4.41. The van der Waals surface area contributed by atoms with E-state index in [2.05, 4.69) is 22.0 Å². The summed E-state index contributed by atoms with van der Waals surface area (Å²) >= 11 is 5.17. The van der Waals surface area contributed by atoms with Gasteiger partial charge in [-0.1, -0.05) is 15.9 Å². The third kappa shape index (κ3) is 3.61. The number of hydrogen-bond acceptors (Lipinski definition) is 4. The fourth-order valence-electron chi connectivity index (χ4n) is 1.82. The topological polar surface area (TPSA) is 44.5 Å². The number of methoxy groups -OCH3 is 2. The number of thioether (sulfide) groups is 1. The zero-order valence-electron chi connectivity index (χ0n) is 11.4. The van der Waals surface area contributed by atoms with Gasteiger partial charge in [0.05, 0.1) is 14.2 Å². The summed E-state index contributed by atoms with van der Waals surface area (Å²) in [5, 5.41) is 0. The van der Waals surface area contributed by atoms with Gasteiger partial charge in [-0.15, -0.1) is 11.8 Å². The van der Waals surface area contributed by atoms with E-state index in [1.807, 2.05) is 30.3 Å². The molecule has 2 aromatic carbocycles. The van der Waals surface area contributed by atoms with Gasteiger partial charge in [0, 0.05) is 32.4 Å². The van der Waals surface area contributed by atoms with Crippen molar-refractivity contribution in [3.05, 3.63) is 46.4 Å². The lowest BCUT2D eigenvalue weighted by molar-refractivity contribution is 0.405. The average molecular weight is 354 g/mol. The maximum absolute atomic E-state index is 5.76. The smallest absolute Gasteiger partial charge is 0.134 e. The van der Waals surface area contributed by atoms with Gasteiger partial charge in [-0.05, 0) is 30.3 Å². The number of rotatable bonds is 5. The van der Waals surface area contributed by atoms with Crippen LogP contribution in [0.15, 0.2) is 45.8 Å². The molecular formula is C15H16BrNO2S. The lowest BCUT2D eigenvalue weighted by atomic mass is 10.2. The lowest BCUT2D eigenvalue weighted by Gasteiger charge is -2.11. The monoisotopic (exact) mass is 353 g/mol. The summed E-state index contributed by atoms with van der Waals surface area (Å²) in [7, 11) is 3.33. The van der Waals surface area contributed by atoms with Gasteiger partial charge in [-0.25, -0.2) is 0 Å². The maximum Gasteiger partial charge on any atom is 0.134 e. The molecule has 0 aromatic heterocycles. The molecule has 0 amide bonds. The number of halogens is 1. The molecular weight excluding hydrogens is 338 g/mol. The van der Waals surface area contributed by atoms with Crippen LogP contribution >= 0.6 is 27.7 Å². The van der Waals surface area contributed by atoms with Crippen LogP contribution in [0.25, 0.3) is 0 Å². The first kappa shape index (κ1) is 15.1. The number of ether oxygens (including phenoxy) is 2. The zero-order chi connectivity index (χ0) is 14.5. The highest BCUT2D eigenvalue weighted by Gasteiger charge is 2.08. The van der Waals surface area contributed by atoms with Crippen LogP contribution in [0.4, 0.5) is 5.69 Å². The number of anilines is 1. The van der Waals surface area contributed by atoms with Crippen molar-refractivity contribution in [2.45, 2.75) is 10.6 Å². The second kappa shape index (κ2) is 6.90. The molecule has 2 aromatic rings. The Balaban J connectivity index is 2.18. The second-order valence-corrected chi connectivity index (χ2v) is 6.09. The highest BCUT2D eigenvalue weighted by atomic mass is 79.9. The Labute approximate surface area is 131 Å². The summed E-state index contributed by atoms with van der Waals surface area (Å²) in [5.41, 5.74) is 7.59. The van der Waals surface area contributed by atoms with E-state index in [1.54, 1.807) is 26.0 Å². The fourth-order valence-corrected chi connectivity index (χ4v) is 3.21. The van der Waals surface area contributed by atoms with E-state index in [4.69, 9.17) is 15.2 Å². The minimum atomic E-state index is 0.700. The summed E-state index contributed by atoms with van der Waals surface area (Å²) < 4.78 is 11.8. The van der Waals surface area contributed by atoms with Crippen LogP contribution in [0.2, 0.25) is 0 Å². The zero-order valence-corrected chi connectivity index (χ0v) is 13.8. The molecule has 0 aliphatic rings. The minimum absolute atomic E-state index is 0.700. The molecule has 0 heterocycles. The van der Waals surface area contributed by atoms with Crippen molar-refractivity contribution in [2.24, 2.45) is 0 Å². The van der Waals surface area contributed by atoms with Crippen molar-refractivity contribution in [1.29, 1.82) is 0 Å². The Morgan fingerprint density at radius 3 is 2.50 bits per heavy atom. The average Bonchev–Trinajstić information content (AvgIpc) is 2.46.